The van der Waals surface area contributed by atoms with Gasteiger partial charge in [0.25, 0.3) is 0 Å². The molecule has 18 heavy (non-hydrogen) atoms. The molecule has 0 aliphatic carbocycles. The van der Waals surface area contributed by atoms with Crippen LogP contribution in [0.3, 0.4) is 0 Å². The van der Waals surface area contributed by atoms with Gasteiger partial charge in [0, 0.05) is 24.9 Å². The van der Waals surface area contributed by atoms with Crippen molar-refractivity contribution >= 4 is 23.4 Å². The predicted molar refractivity (Wildman–Crippen MR) is 75.0 cm³/mol. The molecular formula is C12H15ClN4S. The first-order valence-electron chi connectivity index (χ1n) is 5.74. The van der Waals surface area contributed by atoms with Crippen molar-refractivity contribution in [2.24, 2.45) is 7.05 Å². The summed E-state index contributed by atoms with van der Waals surface area (Å²) >= 11 is 7.33. The molecule has 0 N–H and O–H groups in total. The molecule has 2 aromatic heterocycles. The molecule has 0 atom stereocenters. The Morgan fingerprint density at radius 2 is 2.22 bits per heavy atom. The molecule has 2 aromatic rings. The Bertz CT molecular complexity index is 527. The number of rotatable bonds is 5. The summed E-state index contributed by atoms with van der Waals surface area (Å²) in [6, 6.07) is 3.95. The van der Waals surface area contributed by atoms with Crippen LogP contribution in [0.15, 0.2) is 23.5 Å². The fourth-order valence-corrected chi connectivity index (χ4v) is 2.73. The molecule has 0 spiro atoms. The number of alkyl halides is 1. The summed E-state index contributed by atoms with van der Waals surface area (Å²) < 4.78 is 1.98. The monoisotopic (exact) mass is 282 g/mol. The Kier molecular flexibility index (Phi) is 4.60. The van der Waals surface area contributed by atoms with Crippen molar-refractivity contribution < 1.29 is 0 Å². The van der Waals surface area contributed by atoms with Gasteiger partial charge in [-0.05, 0) is 25.0 Å². The van der Waals surface area contributed by atoms with E-state index in [-0.39, 0.29) is 0 Å². The lowest BCUT2D eigenvalue weighted by atomic mass is 10.2. The summed E-state index contributed by atoms with van der Waals surface area (Å²) in [6.45, 7) is 2.03. The molecule has 2 heterocycles. The largest absolute Gasteiger partial charge is 0.304 e. The number of thioether (sulfide) groups is 1. The highest BCUT2D eigenvalue weighted by molar-refractivity contribution is 7.99. The average Bonchev–Trinajstić information content (AvgIpc) is 2.72. The lowest BCUT2D eigenvalue weighted by Gasteiger charge is -2.04. The third-order valence-corrected chi connectivity index (χ3v) is 3.94. The zero-order chi connectivity index (χ0) is 13.0. The molecule has 2 rings (SSSR count). The Hall–Kier alpha value is -1.07. The number of halogens is 1. The highest BCUT2D eigenvalue weighted by Gasteiger charge is 2.13. The predicted octanol–water partition coefficient (Wildman–Crippen LogP) is 2.91. The van der Waals surface area contributed by atoms with Crippen LogP contribution in [0.2, 0.25) is 0 Å². The highest BCUT2D eigenvalue weighted by atomic mass is 35.5. The molecule has 0 aliphatic heterocycles. The molecule has 0 aliphatic rings. The van der Waals surface area contributed by atoms with E-state index in [0.717, 1.165) is 34.4 Å². The molecular weight excluding hydrogens is 268 g/mol. The van der Waals surface area contributed by atoms with Crippen molar-refractivity contribution in [2.45, 2.75) is 18.5 Å². The van der Waals surface area contributed by atoms with Gasteiger partial charge in [0.15, 0.2) is 11.0 Å². The number of pyridine rings is 1. The Labute approximate surface area is 116 Å². The summed E-state index contributed by atoms with van der Waals surface area (Å²) in [5, 5.41) is 9.32. The number of nitrogens with zero attached hydrogens (tertiary/aromatic N) is 4. The van der Waals surface area contributed by atoms with Crippen molar-refractivity contribution in [3.05, 3.63) is 23.9 Å². The van der Waals surface area contributed by atoms with E-state index in [1.807, 2.05) is 30.7 Å². The van der Waals surface area contributed by atoms with Crippen LogP contribution in [0.5, 0.6) is 0 Å². The second-order valence-electron chi connectivity index (χ2n) is 3.93. The zero-order valence-electron chi connectivity index (χ0n) is 10.4. The van der Waals surface area contributed by atoms with E-state index in [9.17, 15) is 0 Å². The van der Waals surface area contributed by atoms with Crippen molar-refractivity contribution in [2.75, 3.05) is 11.6 Å². The minimum absolute atomic E-state index is 0.678. The molecule has 0 bridgehead atoms. The fraction of sp³-hybridized carbons (Fsp3) is 0.417. The Morgan fingerprint density at radius 1 is 1.39 bits per heavy atom. The first kappa shape index (κ1) is 13.4. The van der Waals surface area contributed by atoms with Gasteiger partial charge in [0.05, 0.1) is 0 Å². The van der Waals surface area contributed by atoms with Gasteiger partial charge in [-0.1, -0.05) is 17.8 Å². The molecule has 0 radical (unpaired) electrons. The minimum atomic E-state index is 0.678. The second kappa shape index (κ2) is 6.20. The van der Waals surface area contributed by atoms with Crippen LogP contribution in [0.25, 0.3) is 11.5 Å². The van der Waals surface area contributed by atoms with Crippen LogP contribution in [0.4, 0.5) is 0 Å². The fourth-order valence-electron chi connectivity index (χ4n) is 1.58. The quantitative estimate of drug-likeness (QED) is 0.480. The number of hydrogen-bond acceptors (Lipinski definition) is 4. The summed E-state index contributed by atoms with van der Waals surface area (Å²) in [7, 11) is 1.96. The minimum Gasteiger partial charge on any atom is -0.304 e. The normalized spacial score (nSPS) is 10.8. The highest BCUT2D eigenvalue weighted by Crippen LogP contribution is 2.23. The molecule has 96 valence electrons. The summed E-state index contributed by atoms with van der Waals surface area (Å²) in [4.78, 5) is 4.37. The van der Waals surface area contributed by atoms with E-state index in [0.29, 0.717) is 5.88 Å². The summed E-state index contributed by atoms with van der Waals surface area (Å²) in [6.07, 6.45) is 2.74. The molecule has 4 nitrogen and oxygen atoms in total. The summed E-state index contributed by atoms with van der Waals surface area (Å²) in [5.74, 6) is 2.44. The maximum absolute atomic E-state index is 5.66. The average molecular weight is 283 g/mol. The van der Waals surface area contributed by atoms with E-state index in [1.54, 1.807) is 18.0 Å². The Balaban J connectivity index is 2.23. The first-order valence-corrected chi connectivity index (χ1v) is 7.26. The molecule has 0 saturated heterocycles. The SMILES string of the molecule is Cc1cccnc1-c1nnc(SCCCCl)n1C. The van der Waals surface area contributed by atoms with Crippen molar-refractivity contribution in [3.63, 3.8) is 0 Å². The molecule has 0 saturated carbocycles. The third kappa shape index (κ3) is 2.84. The zero-order valence-corrected chi connectivity index (χ0v) is 12.0. The third-order valence-electron chi connectivity index (χ3n) is 2.57. The maximum atomic E-state index is 5.66. The molecule has 6 heteroatoms. The molecule has 0 unspecified atom stereocenters. The summed E-state index contributed by atoms with van der Waals surface area (Å²) in [5.41, 5.74) is 1.99. The topological polar surface area (TPSA) is 43.6 Å². The van der Waals surface area contributed by atoms with Gasteiger partial charge in [0.2, 0.25) is 0 Å². The van der Waals surface area contributed by atoms with Gasteiger partial charge in [-0.15, -0.1) is 21.8 Å². The van der Waals surface area contributed by atoms with Crippen LogP contribution >= 0.6 is 23.4 Å². The number of hydrogen-bond donors (Lipinski definition) is 0. The smallest absolute Gasteiger partial charge is 0.191 e. The molecule has 0 aromatic carbocycles. The van der Waals surface area contributed by atoms with E-state index < -0.39 is 0 Å². The van der Waals surface area contributed by atoms with Crippen molar-refractivity contribution in [1.82, 2.24) is 19.7 Å². The standard InChI is InChI=1S/C12H15ClN4S/c1-9-5-3-7-14-10(9)11-15-16-12(17(11)2)18-8-4-6-13/h3,5,7H,4,6,8H2,1-2H3. The molecule has 0 fully saturated rings. The second-order valence-corrected chi connectivity index (χ2v) is 5.37. The Morgan fingerprint density at radius 3 is 2.94 bits per heavy atom. The number of aryl methyl sites for hydroxylation is 1. The van der Waals surface area contributed by atoms with Crippen molar-refractivity contribution in [3.8, 4) is 11.5 Å². The van der Waals surface area contributed by atoms with E-state index >= 15 is 0 Å². The van der Waals surface area contributed by atoms with Crippen LogP contribution < -0.4 is 0 Å². The van der Waals surface area contributed by atoms with Crippen LogP contribution in [0, 0.1) is 6.92 Å². The van der Waals surface area contributed by atoms with Gasteiger partial charge >= 0.3 is 0 Å². The van der Waals surface area contributed by atoms with Crippen molar-refractivity contribution in [1.29, 1.82) is 0 Å². The van der Waals surface area contributed by atoms with Gasteiger partial charge < -0.3 is 4.57 Å². The van der Waals surface area contributed by atoms with Gasteiger partial charge in [-0.3, -0.25) is 4.98 Å². The maximum Gasteiger partial charge on any atom is 0.191 e. The lowest BCUT2D eigenvalue weighted by molar-refractivity contribution is 0.791. The van der Waals surface area contributed by atoms with Crippen LogP contribution in [0.1, 0.15) is 12.0 Å². The van der Waals surface area contributed by atoms with Crippen LogP contribution in [-0.2, 0) is 7.05 Å². The van der Waals surface area contributed by atoms with Gasteiger partial charge in [-0.2, -0.15) is 0 Å². The van der Waals surface area contributed by atoms with Gasteiger partial charge in [0.1, 0.15) is 5.69 Å². The van der Waals surface area contributed by atoms with Gasteiger partial charge in [-0.25, -0.2) is 0 Å². The first-order chi connectivity index (χ1) is 8.74. The molecule has 0 amide bonds. The van der Waals surface area contributed by atoms with E-state index in [1.165, 1.54) is 0 Å². The van der Waals surface area contributed by atoms with E-state index in [2.05, 4.69) is 15.2 Å². The van der Waals surface area contributed by atoms with Crippen LogP contribution in [-0.4, -0.2) is 31.4 Å². The number of aromatic nitrogens is 4. The van der Waals surface area contributed by atoms with E-state index in [4.69, 9.17) is 11.6 Å². The lowest BCUT2D eigenvalue weighted by Crippen LogP contribution is -1.98.